The van der Waals surface area contributed by atoms with Gasteiger partial charge in [-0.2, -0.15) is 0 Å². The molecule has 0 N–H and O–H groups in total. The molecule has 0 saturated carbocycles. The molecule has 2 heterocycles. The maximum atomic E-state index is 12.9. The number of rotatable bonds is 4. The van der Waals surface area contributed by atoms with E-state index in [9.17, 15) is 19.7 Å². The Hall–Kier alpha value is -3.13. The molecule has 8 nitrogen and oxygen atoms in total. The molecule has 0 bridgehead atoms. The van der Waals surface area contributed by atoms with Gasteiger partial charge in [0.15, 0.2) is 0 Å². The van der Waals surface area contributed by atoms with Crippen LogP contribution in [0.15, 0.2) is 42.5 Å². The van der Waals surface area contributed by atoms with Crippen LogP contribution in [0.4, 0.5) is 10.5 Å². The van der Waals surface area contributed by atoms with E-state index in [4.69, 9.17) is 16.3 Å². The monoisotopic (exact) mass is 443 g/mol. The largest absolute Gasteiger partial charge is 0.441 e. The quantitative estimate of drug-likeness (QED) is 0.522. The summed E-state index contributed by atoms with van der Waals surface area (Å²) in [7, 11) is 0. The number of likely N-dealkylation sites (tertiary alicyclic amines) is 1. The number of aryl methyl sites for hydroxylation is 1. The van der Waals surface area contributed by atoms with Gasteiger partial charge in [0.2, 0.25) is 0 Å². The van der Waals surface area contributed by atoms with E-state index in [2.05, 4.69) is 0 Å². The number of benzene rings is 2. The standard InChI is InChI=1S/C22H22ClN3O5/c1-15-2-4-16(5-3-15)13-25-14-22(31-21(25)28)8-10-24(11-9-22)20(27)18-7-6-17(26(29)30)12-19(18)23/h2-7,12H,8-11,13-14H2,1H3. The summed E-state index contributed by atoms with van der Waals surface area (Å²) in [5.74, 6) is -0.282. The van der Waals surface area contributed by atoms with Gasteiger partial charge in [-0.3, -0.25) is 19.8 Å². The van der Waals surface area contributed by atoms with Gasteiger partial charge in [-0.25, -0.2) is 4.79 Å². The average molecular weight is 444 g/mol. The molecule has 9 heteroatoms. The van der Waals surface area contributed by atoms with Crippen LogP contribution in [0, 0.1) is 17.0 Å². The van der Waals surface area contributed by atoms with Crippen molar-refractivity contribution in [3.63, 3.8) is 0 Å². The van der Waals surface area contributed by atoms with Gasteiger partial charge in [-0.1, -0.05) is 41.4 Å². The second-order valence-electron chi connectivity index (χ2n) is 8.11. The van der Waals surface area contributed by atoms with Crippen molar-refractivity contribution in [1.29, 1.82) is 0 Å². The Balaban J connectivity index is 1.39. The highest BCUT2D eigenvalue weighted by atomic mass is 35.5. The van der Waals surface area contributed by atoms with Crippen LogP contribution < -0.4 is 0 Å². The van der Waals surface area contributed by atoms with Gasteiger partial charge in [0.25, 0.3) is 11.6 Å². The first-order valence-corrected chi connectivity index (χ1v) is 10.4. The molecule has 2 aromatic rings. The third-order valence-corrected chi connectivity index (χ3v) is 6.20. The molecule has 2 aliphatic rings. The van der Waals surface area contributed by atoms with Crippen molar-refractivity contribution in [3.05, 3.63) is 74.3 Å². The number of piperidine rings is 1. The van der Waals surface area contributed by atoms with Crippen LogP contribution in [0.2, 0.25) is 5.02 Å². The number of amides is 2. The summed E-state index contributed by atoms with van der Waals surface area (Å²) in [5, 5.41) is 10.9. The molecule has 1 spiro atoms. The van der Waals surface area contributed by atoms with Crippen LogP contribution >= 0.6 is 11.6 Å². The van der Waals surface area contributed by atoms with E-state index >= 15 is 0 Å². The Labute approximate surface area is 184 Å². The first-order valence-electron chi connectivity index (χ1n) is 10.0. The lowest BCUT2D eigenvalue weighted by atomic mass is 9.91. The molecule has 0 aliphatic carbocycles. The minimum atomic E-state index is -0.599. The molecular formula is C22H22ClN3O5. The molecule has 4 rings (SSSR count). The predicted octanol–water partition coefficient (Wildman–Crippen LogP) is 4.18. The molecule has 0 radical (unpaired) electrons. The third kappa shape index (κ3) is 4.34. The molecule has 2 saturated heterocycles. The van der Waals surface area contributed by atoms with Crippen LogP contribution in [0.1, 0.15) is 34.3 Å². The molecule has 2 amide bonds. The summed E-state index contributed by atoms with van der Waals surface area (Å²) in [6.07, 6.45) is 0.720. The number of non-ortho nitro benzene ring substituents is 1. The number of hydrogen-bond acceptors (Lipinski definition) is 5. The highest BCUT2D eigenvalue weighted by Gasteiger charge is 2.47. The fourth-order valence-electron chi connectivity index (χ4n) is 4.07. The van der Waals surface area contributed by atoms with E-state index in [0.717, 1.165) is 11.1 Å². The number of carbonyl (C=O) groups excluding carboxylic acids is 2. The highest BCUT2D eigenvalue weighted by Crippen LogP contribution is 2.35. The Morgan fingerprint density at radius 3 is 2.48 bits per heavy atom. The van der Waals surface area contributed by atoms with Crippen molar-refractivity contribution < 1.29 is 19.2 Å². The minimum Gasteiger partial charge on any atom is -0.441 e. The fraction of sp³-hybridized carbons (Fsp3) is 0.364. The maximum Gasteiger partial charge on any atom is 0.410 e. The zero-order chi connectivity index (χ0) is 22.2. The first kappa shape index (κ1) is 21.1. The second-order valence-corrected chi connectivity index (χ2v) is 8.51. The van der Waals surface area contributed by atoms with Crippen molar-refractivity contribution in [2.24, 2.45) is 0 Å². The van der Waals surface area contributed by atoms with E-state index in [-0.39, 0.29) is 28.3 Å². The average Bonchev–Trinajstić information content (AvgIpc) is 3.04. The van der Waals surface area contributed by atoms with Gasteiger partial charge >= 0.3 is 6.09 Å². The van der Waals surface area contributed by atoms with Crippen LogP contribution in [0.3, 0.4) is 0 Å². The Kier molecular flexibility index (Phi) is 5.58. The highest BCUT2D eigenvalue weighted by molar-refractivity contribution is 6.34. The van der Waals surface area contributed by atoms with Gasteiger partial charge in [-0.05, 0) is 18.6 Å². The van der Waals surface area contributed by atoms with Crippen molar-refractivity contribution in [2.45, 2.75) is 31.9 Å². The Bertz CT molecular complexity index is 1030. The topological polar surface area (TPSA) is 93.0 Å². The molecule has 0 aromatic heterocycles. The van der Waals surface area contributed by atoms with Gasteiger partial charge in [0, 0.05) is 44.6 Å². The summed E-state index contributed by atoms with van der Waals surface area (Å²) in [5.41, 5.74) is 1.67. The first-order chi connectivity index (χ1) is 14.8. The summed E-state index contributed by atoms with van der Waals surface area (Å²) in [4.78, 5) is 39.0. The van der Waals surface area contributed by atoms with Gasteiger partial charge in [0.1, 0.15) is 5.60 Å². The summed E-state index contributed by atoms with van der Waals surface area (Å²) >= 11 is 6.11. The van der Waals surface area contributed by atoms with Crippen molar-refractivity contribution in [1.82, 2.24) is 9.80 Å². The summed E-state index contributed by atoms with van der Waals surface area (Å²) in [6.45, 7) is 3.82. The number of hydrogen-bond donors (Lipinski definition) is 0. The Morgan fingerprint density at radius 2 is 1.87 bits per heavy atom. The number of ether oxygens (including phenoxy) is 1. The van der Waals surface area contributed by atoms with Crippen molar-refractivity contribution in [3.8, 4) is 0 Å². The van der Waals surface area contributed by atoms with E-state index < -0.39 is 10.5 Å². The lowest BCUT2D eigenvalue weighted by Gasteiger charge is -2.37. The van der Waals surface area contributed by atoms with E-state index in [1.54, 1.807) is 9.80 Å². The number of nitrogens with zero attached hydrogens (tertiary/aromatic N) is 3. The van der Waals surface area contributed by atoms with E-state index in [1.165, 1.54) is 18.2 Å². The minimum absolute atomic E-state index is 0.0519. The smallest absolute Gasteiger partial charge is 0.410 e. The fourth-order valence-corrected chi connectivity index (χ4v) is 4.32. The van der Waals surface area contributed by atoms with Gasteiger partial charge in [0.05, 0.1) is 22.1 Å². The second kappa shape index (κ2) is 8.19. The zero-order valence-corrected chi connectivity index (χ0v) is 17.8. The maximum absolute atomic E-state index is 12.9. The van der Waals surface area contributed by atoms with E-state index in [1.807, 2.05) is 31.2 Å². The molecule has 2 aliphatic heterocycles. The molecule has 2 aromatic carbocycles. The van der Waals surface area contributed by atoms with Crippen LogP contribution in [0.25, 0.3) is 0 Å². The molecule has 0 atom stereocenters. The van der Waals surface area contributed by atoms with Crippen LogP contribution in [-0.2, 0) is 11.3 Å². The van der Waals surface area contributed by atoms with E-state index in [0.29, 0.717) is 39.0 Å². The third-order valence-electron chi connectivity index (χ3n) is 5.89. The molecule has 162 valence electrons. The zero-order valence-electron chi connectivity index (χ0n) is 17.0. The molecule has 2 fully saturated rings. The number of nitro groups is 1. The number of halogens is 1. The summed E-state index contributed by atoms with van der Waals surface area (Å²) in [6, 6.07) is 11.9. The Morgan fingerprint density at radius 1 is 1.19 bits per heavy atom. The van der Waals surface area contributed by atoms with Crippen molar-refractivity contribution >= 4 is 29.3 Å². The number of nitro benzene ring substituents is 1. The lowest BCUT2D eigenvalue weighted by molar-refractivity contribution is -0.384. The van der Waals surface area contributed by atoms with Gasteiger partial charge in [-0.15, -0.1) is 0 Å². The summed E-state index contributed by atoms with van der Waals surface area (Å²) < 4.78 is 5.75. The van der Waals surface area contributed by atoms with Crippen molar-refractivity contribution in [2.75, 3.05) is 19.6 Å². The predicted molar refractivity (Wildman–Crippen MR) is 114 cm³/mol. The normalized spacial score (nSPS) is 17.7. The van der Waals surface area contributed by atoms with Crippen LogP contribution in [-0.4, -0.2) is 52.0 Å². The SMILES string of the molecule is Cc1ccc(CN2CC3(CCN(C(=O)c4ccc([N+](=O)[O-])cc4Cl)CC3)OC2=O)cc1. The molecule has 0 unspecified atom stereocenters. The molecule has 31 heavy (non-hydrogen) atoms. The number of carbonyl (C=O) groups is 2. The lowest BCUT2D eigenvalue weighted by Crippen LogP contribution is -2.48. The molecular weight excluding hydrogens is 422 g/mol. The van der Waals surface area contributed by atoms with Gasteiger partial charge < -0.3 is 9.64 Å². The van der Waals surface area contributed by atoms with Crippen LogP contribution in [0.5, 0.6) is 0 Å².